The number of furan rings is 1. The Kier molecular flexibility index (Phi) is 5.36. The molecule has 0 radical (unpaired) electrons. The number of piperidine rings is 1. The molecule has 1 aromatic heterocycles. The number of benzene rings is 1. The van der Waals surface area contributed by atoms with Gasteiger partial charge in [-0.15, -0.1) is 0 Å². The van der Waals surface area contributed by atoms with Crippen molar-refractivity contribution in [3.8, 4) is 0 Å². The SMILES string of the molecule is COC(=O)c1cccc(NC(=O)C2CCN(C(=O)c3ccoc3)CC2)c1. The van der Waals surface area contributed by atoms with E-state index >= 15 is 0 Å². The normalized spacial score (nSPS) is 14.7. The fourth-order valence-corrected chi connectivity index (χ4v) is 3.00. The van der Waals surface area contributed by atoms with Crippen LogP contribution in [0.2, 0.25) is 0 Å². The van der Waals surface area contributed by atoms with Gasteiger partial charge in [0, 0.05) is 24.7 Å². The Morgan fingerprint density at radius 3 is 2.58 bits per heavy atom. The molecular weight excluding hydrogens is 336 g/mol. The van der Waals surface area contributed by atoms with Gasteiger partial charge in [-0.3, -0.25) is 9.59 Å². The van der Waals surface area contributed by atoms with Crippen LogP contribution in [-0.2, 0) is 9.53 Å². The molecule has 1 N–H and O–H groups in total. The van der Waals surface area contributed by atoms with Gasteiger partial charge in [0.25, 0.3) is 5.91 Å². The highest BCUT2D eigenvalue weighted by Gasteiger charge is 2.28. The molecule has 0 spiro atoms. The van der Waals surface area contributed by atoms with E-state index in [2.05, 4.69) is 10.1 Å². The van der Waals surface area contributed by atoms with Crippen molar-refractivity contribution in [3.63, 3.8) is 0 Å². The number of hydrogen-bond acceptors (Lipinski definition) is 5. The maximum Gasteiger partial charge on any atom is 0.337 e. The van der Waals surface area contributed by atoms with E-state index in [1.807, 2.05) is 0 Å². The molecule has 0 bridgehead atoms. The van der Waals surface area contributed by atoms with Crippen molar-refractivity contribution in [3.05, 3.63) is 54.0 Å². The van der Waals surface area contributed by atoms with Crippen LogP contribution in [0.1, 0.15) is 33.6 Å². The summed E-state index contributed by atoms with van der Waals surface area (Å²) < 4.78 is 9.62. The lowest BCUT2D eigenvalue weighted by Gasteiger charge is -2.31. The topological polar surface area (TPSA) is 88.9 Å². The highest BCUT2D eigenvalue weighted by molar-refractivity contribution is 5.96. The number of anilines is 1. The van der Waals surface area contributed by atoms with E-state index in [0.717, 1.165) is 0 Å². The van der Waals surface area contributed by atoms with Crippen molar-refractivity contribution in [2.75, 3.05) is 25.5 Å². The Labute approximate surface area is 150 Å². The van der Waals surface area contributed by atoms with Crippen molar-refractivity contribution in [2.45, 2.75) is 12.8 Å². The maximum atomic E-state index is 12.5. The molecule has 0 unspecified atom stereocenters. The van der Waals surface area contributed by atoms with Gasteiger partial charge in [0.1, 0.15) is 6.26 Å². The lowest BCUT2D eigenvalue weighted by Crippen LogP contribution is -2.41. The molecule has 3 rings (SSSR count). The predicted molar refractivity (Wildman–Crippen MR) is 93.7 cm³/mol. The zero-order valence-electron chi connectivity index (χ0n) is 14.4. The molecule has 0 aliphatic carbocycles. The summed E-state index contributed by atoms with van der Waals surface area (Å²) in [6.45, 7) is 1.04. The van der Waals surface area contributed by atoms with Crippen LogP contribution in [-0.4, -0.2) is 42.9 Å². The minimum Gasteiger partial charge on any atom is -0.472 e. The number of carbonyl (C=O) groups is 3. The highest BCUT2D eigenvalue weighted by Crippen LogP contribution is 2.21. The lowest BCUT2D eigenvalue weighted by atomic mass is 9.95. The van der Waals surface area contributed by atoms with Crippen LogP contribution < -0.4 is 5.32 Å². The molecule has 1 aromatic carbocycles. The molecule has 1 aliphatic heterocycles. The Hall–Kier alpha value is -3.09. The van der Waals surface area contributed by atoms with E-state index in [1.165, 1.54) is 19.6 Å². The number of nitrogens with zero attached hydrogens (tertiary/aromatic N) is 1. The number of ether oxygens (including phenoxy) is 1. The summed E-state index contributed by atoms with van der Waals surface area (Å²) >= 11 is 0. The number of likely N-dealkylation sites (tertiary alicyclic amines) is 1. The molecule has 2 aromatic rings. The van der Waals surface area contributed by atoms with Gasteiger partial charge in [-0.25, -0.2) is 4.79 Å². The van der Waals surface area contributed by atoms with E-state index in [9.17, 15) is 14.4 Å². The third kappa shape index (κ3) is 3.93. The minimum absolute atomic E-state index is 0.0802. The highest BCUT2D eigenvalue weighted by atomic mass is 16.5. The standard InChI is InChI=1S/C19H20N2O5/c1-25-19(24)14-3-2-4-16(11-14)20-17(22)13-5-8-21(9-6-13)18(23)15-7-10-26-12-15/h2-4,7,10-13H,5-6,8-9H2,1H3,(H,20,22). The molecule has 1 saturated heterocycles. The zero-order valence-corrected chi connectivity index (χ0v) is 14.4. The summed E-state index contributed by atoms with van der Waals surface area (Å²) in [6.07, 6.45) is 4.07. The van der Waals surface area contributed by atoms with E-state index < -0.39 is 5.97 Å². The Balaban J connectivity index is 1.56. The zero-order chi connectivity index (χ0) is 18.5. The second-order valence-corrected chi connectivity index (χ2v) is 6.14. The van der Waals surface area contributed by atoms with Crippen LogP contribution in [0, 0.1) is 5.92 Å². The fourth-order valence-electron chi connectivity index (χ4n) is 3.00. The number of rotatable bonds is 4. The van der Waals surface area contributed by atoms with Gasteiger partial charge >= 0.3 is 5.97 Å². The van der Waals surface area contributed by atoms with Crippen molar-refractivity contribution in [2.24, 2.45) is 5.92 Å². The summed E-state index contributed by atoms with van der Waals surface area (Å²) in [5, 5.41) is 2.84. The number of methoxy groups -OCH3 is 1. The van der Waals surface area contributed by atoms with Crippen molar-refractivity contribution >= 4 is 23.5 Å². The van der Waals surface area contributed by atoms with Crippen LogP contribution in [0.5, 0.6) is 0 Å². The molecule has 7 nitrogen and oxygen atoms in total. The van der Waals surface area contributed by atoms with Gasteiger partial charge < -0.3 is 19.4 Å². The van der Waals surface area contributed by atoms with Crippen LogP contribution in [0.4, 0.5) is 5.69 Å². The Morgan fingerprint density at radius 2 is 1.92 bits per heavy atom. The van der Waals surface area contributed by atoms with Gasteiger partial charge in [0.15, 0.2) is 0 Å². The van der Waals surface area contributed by atoms with Gasteiger partial charge in [0.05, 0.1) is 24.5 Å². The lowest BCUT2D eigenvalue weighted by molar-refractivity contribution is -0.121. The first-order valence-corrected chi connectivity index (χ1v) is 8.39. The molecule has 0 atom stereocenters. The number of amides is 2. The van der Waals surface area contributed by atoms with E-state index in [-0.39, 0.29) is 17.7 Å². The monoisotopic (exact) mass is 356 g/mol. The van der Waals surface area contributed by atoms with Crippen molar-refractivity contribution in [1.82, 2.24) is 4.90 Å². The summed E-state index contributed by atoms with van der Waals surface area (Å²) in [5.74, 6) is -0.817. The van der Waals surface area contributed by atoms with Gasteiger partial charge in [-0.1, -0.05) is 6.07 Å². The first-order valence-electron chi connectivity index (χ1n) is 8.39. The molecule has 26 heavy (non-hydrogen) atoms. The smallest absolute Gasteiger partial charge is 0.337 e. The number of carbonyl (C=O) groups excluding carboxylic acids is 3. The third-order valence-corrected chi connectivity index (χ3v) is 4.47. The molecule has 0 saturated carbocycles. The molecular formula is C19H20N2O5. The number of nitrogens with one attached hydrogen (secondary N) is 1. The Bertz CT molecular complexity index is 792. The van der Waals surface area contributed by atoms with Crippen LogP contribution in [0.3, 0.4) is 0 Å². The van der Waals surface area contributed by atoms with Crippen LogP contribution >= 0.6 is 0 Å². The van der Waals surface area contributed by atoms with Crippen molar-refractivity contribution < 1.29 is 23.5 Å². The first-order chi connectivity index (χ1) is 12.6. The van der Waals surface area contributed by atoms with Gasteiger partial charge in [0.2, 0.25) is 5.91 Å². The number of esters is 1. The molecule has 2 heterocycles. The average molecular weight is 356 g/mol. The summed E-state index contributed by atoms with van der Waals surface area (Å²) in [5.41, 5.74) is 1.45. The van der Waals surface area contributed by atoms with Crippen LogP contribution in [0.15, 0.2) is 47.3 Å². The summed E-state index contributed by atoms with van der Waals surface area (Å²) in [6, 6.07) is 8.26. The second kappa shape index (κ2) is 7.86. The van der Waals surface area contributed by atoms with E-state index in [4.69, 9.17) is 4.42 Å². The number of hydrogen-bond donors (Lipinski definition) is 1. The molecule has 136 valence electrons. The van der Waals surface area contributed by atoms with E-state index in [0.29, 0.717) is 42.7 Å². The fraction of sp³-hybridized carbons (Fsp3) is 0.316. The second-order valence-electron chi connectivity index (χ2n) is 6.14. The molecule has 1 aliphatic rings. The predicted octanol–water partition coefficient (Wildman–Crippen LogP) is 2.56. The maximum absolute atomic E-state index is 12.5. The van der Waals surface area contributed by atoms with Crippen molar-refractivity contribution in [1.29, 1.82) is 0 Å². The average Bonchev–Trinajstić information content (AvgIpc) is 3.22. The molecule has 1 fully saturated rings. The summed E-state index contributed by atoms with van der Waals surface area (Å²) in [4.78, 5) is 38.1. The van der Waals surface area contributed by atoms with E-state index in [1.54, 1.807) is 35.2 Å². The van der Waals surface area contributed by atoms with Gasteiger partial charge in [-0.05, 0) is 37.1 Å². The Morgan fingerprint density at radius 1 is 1.15 bits per heavy atom. The van der Waals surface area contributed by atoms with Gasteiger partial charge in [-0.2, -0.15) is 0 Å². The largest absolute Gasteiger partial charge is 0.472 e. The third-order valence-electron chi connectivity index (χ3n) is 4.47. The quantitative estimate of drug-likeness (QED) is 0.851. The van der Waals surface area contributed by atoms with Crippen LogP contribution in [0.25, 0.3) is 0 Å². The summed E-state index contributed by atoms with van der Waals surface area (Å²) in [7, 11) is 1.31. The first kappa shape index (κ1) is 17.7. The molecule has 2 amide bonds. The minimum atomic E-state index is -0.452. The molecule has 7 heteroatoms.